The van der Waals surface area contributed by atoms with Crippen molar-refractivity contribution in [1.29, 1.82) is 0 Å². The lowest BCUT2D eigenvalue weighted by atomic mass is 10.0. The summed E-state index contributed by atoms with van der Waals surface area (Å²) in [6, 6.07) is -0.857. The van der Waals surface area contributed by atoms with E-state index in [9.17, 15) is 19.0 Å². The van der Waals surface area contributed by atoms with Crippen LogP contribution in [0.5, 0.6) is 0 Å². The van der Waals surface area contributed by atoms with Crippen molar-refractivity contribution in [2.75, 3.05) is 40.9 Å². The molecule has 0 heterocycles. The molecule has 0 saturated heterocycles. The molecule has 0 aliphatic heterocycles. The number of hydrogen-bond acceptors (Lipinski definition) is 6. The van der Waals surface area contributed by atoms with E-state index in [1.165, 1.54) is 173 Å². The maximum atomic E-state index is 13.6. The van der Waals surface area contributed by atoms with E-state index < -0.39 is 20.0 Å². The Bertz CT molecular complexity index is 1780. The average molecular weight is 1210 g/mol. The number of allylic oxidation sites excluding steroid dienone is 15. The standard InChI is InChI=1S/C75H135N2O7P/c1-7-10-13-16-19-22-25-27-29-31-33-35-37-38-40-42-44-46-48-50-53-56-59-62-65-68-75(79)84-73(66-63-60-57-54-51-24-21-18-15-12-9-3)72(71-83-85(80,81)82-70-69-77(4,5)6)76-74(78)67-64-61-58-55-52-49-47-45-43-41-39-36-34-32-30-28-26-23-20-17-14-11-8-2/h10,13,19-20,22-23,27-30,33,35,38,40,63,66,72-73H,7-9,11-12,14-18,21,24-26,31-32,34,36-37,39,41-62,64-65,67-71H2,1-6H3,(H-,76,78,80,81)/p+1/b13-10-,22-19-,23-20-,29-27-,30-28-,35-33-,40-38-,66-63+. The summed E-state index contributed by atoms with van der Waals surface area (Å²) in [5.41, 5.74) is 0. The molecule has 0 aromatic carbocycles. The molecule has 0 rings (SSSR count). The number of carbonyl (C=O) groups excluding carboxylic acids is 2. The van der Waals surface area contributed by atoms with Crippen LogP contribution in [-0.4, -0.2) is 74.3 Å². The molecule has 0 aromatic heterocycles. The van der Waals surface area contributed by atoms with E-state index in [0.717, 1.165) is 109 Å². The van der Waals surface area contributed by atoms with Gasteiger partial charge < -0.3 is 19.4 Å². The highest BCUT2D eigenvalue weighted by Gasteiger charge is 2.30. The number of hydrogen-bond donors (Lipinski definition) is 2. The minimum atomic E-state index is -4.46. The van der Waals surface area contributed by atoms with Crippen LogP contribution < -0.4 is 5.32 Å². The van der Waals surface area contributed by atoms with Gasteiger partial charge >= 0.3 is 13.8 Å². The fraction of sp³-hybridized carbons (Fsp3) is 0.760. The summed E-state index contributed by atoms with van der Waals surface area (Å²) in [6.07, 6.45) is 87.0. The van der Waals surface area contributed by atoms with Crippen molar-refractivity contribution in [3.05, 3.63) is 97.2 Å². The van der Waals surface area contributed by atoms with Crippen LogP contribution in [0.4, 0.5) is 0 Å². The number of phosphoric ester groups is 1. The van der Waals surface area contributed by atoms with Crippen molar-refractivity contribution in [3.8, 4) is 0 Å². The highest BCUT2D eigenvalue weighted by molar-refractivity contribution is 7.47. The predicted molar refractivity (Wildman–Crippen MR) is 369 cm³/mol. The summed E-state index contributed by atoms with van der Waals surface area (Å²) in [5.74, 6) is -0.509. The van der Waals surface area contributed by atoms with Gasteiger partial charge in [0.1, 0.15) is 19.3 Å². The molecule has 2 N–H and O–H groups in total. The number of quaternary nitrogens is 1. The van der Waals surface area contributed by atoms with E-state index in [0.29, 0.717) is 17.4 Å². The number of carbonyl (C=O) groups is 2. The number of ether oxygens (including phenoxy) is 1. The SMILES string of the molecule is CC/C=C\C/C=C\C/C=C\C/C=C\C/C=C\CCCCCCCCCCCC(=O)OC(/C=C/CCCCCCCCCCC)C(COP(=O)(O)OCC[N+](C)(C)C)NC(=O)CCCCCCCCCCCCCCC/C=C\C/C=C\CCCCC. The first-order valence-electron chi connectivity index (χ1n) is 35.6. The molecule has 10 heteroatoms. The van der Waals surface area contributed by atoms with Crippen molar-refractivity contribution in [3.63, 3.8) is 0 Å². The normalized spacial score (nSPS) is 14.1. The van der Waals surface area contributed by atoms with E-state index in [1.54, 1.807) is 0 Å². The minimum Gasteiger partial charge on any atom is -0.456 e. The molecule has 492 valence electrons. The van der Waals surface area contributed by atoms with Crippen molar-refractivity contribution in [2.24, 2.45) is 0 Å². The number of rotatable bonds is 64. The Morgan fingerprint density at radius 2 is 0.753 bits per heavy atom. The summed E-state index contributed by atoms with van der Waals surface area (Å²) in [4.78, 5) is 37.9. The van der Waals surface area contributed by atoms with E-state index in [1.807, 2.05) is 33.3 Å². The third kappa shape index (κ3) is 65.2. The van der Waals surface area contributed by atoms with Gasteiger partial charge in [0.05, 0.1) is 33.8 Å². The van der Waals surface area contributed by atoms with Crippen molar-refractivity contribution >= 4 is 19.7 Å². The molecule has 9 nitrogen and oxygen atoms in total. The van der Waals surface area contributed by atoms with Gasteiger partial charge in [0.25, 0.3) is 0 Å². The van der Waals surface area contributed by atoms with E-state index in [-0.39, 0.29) is 31.5 Å². The number of likely N-dealkylation sites (N-methyl/N-ethyl adjacent to an activating group) is 1. The summed E-state index contributed by atoms with van der Waals surface area (Å²) in [5, 5.41) is 3.07. The van der Waals surface area contributed by atoms with Gasteiger partial charge in [-0.1, -0.05) is 292 Å². The smallest absolute Gasteiger partial charge is 0.456 e. The molecule has 1 amide bonds. The van der Waals surface area contributed by atoms with Crippen LogP contribution in [0.2, 0.25) is 0 Å². The second-order valence-electron chi connectivity index (χ2n) is 25.0. The lowest BCUT2D eigenvalue weighted by Gasteiger charge is -2.27. The van der Waals surface area contributed by atoms with Gasteiger partial charge in [-0.2, -0.15) is 0 Å². The van der Waals surface area contributed by atoms with Gasteiger partial charge in [-0.25, -0.2) is 4.57 Å². The monoisotopic (exact) mass is 1210 g/mol. The molecule has 0 aromatic rings. The van der Waals surface area contributed by atoms with Gasteiger partial charge in [0, 0.05) is 12.8 Å². The predicted octanol–water partition coefficient (Wildman–Crippen LogP) is 22.7. The van der Waals surface area contributed by atoms with Gasteiger partial charge in [-0.3, -0.25) is 18.6 Å². The fourth-order valence-corrected chi connectivity index (χ4v) is 10.8. The number of nitrogens with zero attached hydrogens (tertiary/aromatic N) is 1. The van der Waals surface area contributed by atoms with Crippen LogP contribution in [0.1, 0.15) is 316 Å². The molecule has 0 spiro atoms. The van der Waals surface area contributed by atoms with Crippen LogP contribution in [0.3, 0.4) is 0 Å². The molecule has 3 atom stereocenters. The first kappa shape index (κ1) is 81.9. The Morgan fingerprint density at radius 1 is 0.424 bits per heavy atom. The minimum absolute atomic E-state index is 0.0360. The second kappa shape index (κ2) is 63.9. The largest absolute Gasteiger partial charge is 0.472 e. The topological polar surface area (TPSA) is 111 Å². The third-order valence-corrected chi connectivity index (χ3v) is 16.5. The van der Waals surface area contributed by atoms with Crippen molar-refractivity contribution < 1.29 is 37.3 Å². The first-order valence-corrected chi connectivity index (χ1v) is 37.1. The van der Waals surface area contributed by atoms with Gasteiger partial charge in [0.2, 0.25) is 5.91 Å². The molecule has 0 saturated carbocycles. The highest BCUT2D eigenvalue weighted by atomic mass is 31.2. The number of nitrogens with one attached hydrogen (secondary N) is 1. The van der Waals surface area contributed by atoms with Crippen molar-refractivity contribution in [2.45, 2.75) is 328 Å². The zero-order valence-corrected chi connectivity index (χ0v) is 57.2. The van der Waals surface area contributed by atoms with Gasteiger partial charge in [-0.15, -0.1) is 0 Å². The Morgan fingerprint density at radius 3 is 1.15 bits per heavy atom. The van der Waals surface area contributed by atoms with E-state index in [4.69, 9.17) is 13.8 Å². The Balaban J connectivity index is 5.04. The summed E-state index contributed by atoms with van der Waals surface area (Å²) >= 11 is 0. The van der Waals surface area contributed by atoms with Crippen LogP contribution in [0, 0.1) is 0 Å². The Labute approximate surface area is 526 Å². The van der Waals surface area contributed by atoms with Crippen molar-refractivity contribution in [1.82, 2.24) is 5.32 Å². The van der Waals surface area contributed by atoms with Gasteiger partial charge in [-0.05, 0) is 109 Å². The molecule has 0 radical (unpaired) electrons. The zero-order chi connectivity index (χ0) is 62.1. The molecule has 85 heavy (non-hydrogen) atoms. The number of unbranched alkanes of at least 4 members (excludes halogenated alkanes) is 34. The lowest BCUT2D eigenvalue weighted by Crippen LogP contribution is -2.47. The van der Waals surface area contributed by atoms with Crippen LogP contribution in [0.15, 0.2) is 97.2 Å². The first-order chi connectivity index (χ1) is 41.4. The molecule has 0 aliphatic rings. The maximum Gasteiger partial charge on any atom is 0.472 e. The van der Waals surface area contributed by atoms with E-state index >= 15 is 0 Å². The summed E-state index contributed by atoms with van der Waals surface area (Å²) in [7, 11) is 1.49. The second-order valence-corrected chi connectivity index (χ2v) is 26.5. The lowest BCUT2D eigenvalue weighted by molar-refractivity contribution is -0.870. The maximum absolute atomic E-state index is 13.6. The summed E-state index contributed by atoms with van der Waals surface area (Å²) < 4.78 is 30.8. The Kier molecular flexibility index (Phi) is 61.6. The molecule has 3 unspecified atom stereocenters. The number of phosphoric acid groups is 1. The zero-order valence-electron chi connectivity index (χ0n) is 56.3. The number of esters is 1. The third-order valence-electron chi connectivity index (χ3n) is 15.5. The number of amides is 1. The molecule has 0 aliphatic carbocycles. The van der Waals surface area contributed by atoms with Crippen LogP contribution in [0.25, 0.3) is 0 Å². The van der Waals surface area contributed by atoms with Crippen LogP contribution in [-0.2, 0) is 27.9 Å². The Hall–Kier alpha value is -3.07. The van der Waals surface area contributed by atoms with Gasteiger partial charge in [0.15, 0.2) is 0 Å². The molecular weight excluding hydrogens is 1070 g/mol. The van der Waals surface area contributed by atoms with E-state index in [2.05, 4.69) is 111 Å². The molecule has 0 bridgehead atoms. The highest BCUT2D eigenvalue weighted by Crippen LogP contribution is 2.43. The fourth-order valence-electron chi connectivity index (χ4n) is 10.1. The molecule has 0 fully saturated rings. The van der Waals surface area contributed by atoms with Crippen LogP contribution >= 0.6 is 7.82 Å². The quantitative estimate of drug-likeness (QED) is 0.0205. The average Bonchev–Trinajstić information content (AvgIpc) is 3.58. The molecular formula is C75H136N2O7P+. The summed E-state index contributed by atoms with van der Waals surface area (Å²) in [6.45, 7) is 6.89.